The Hall–Kier alpha value is -1.30. The molecule has 1 aliphatic rings. The van der Waals surface area contributed by atoms with E-state index in [1.165, 1.54) is 19.3 Å². The van der Waals surface area contributed by atoms with E-state index in [2.05, 4.69) is 60.8 Å². The molecule has 0 heterocycles. The second kappa shape index (κ2) is 8.31. The topological polar surface area (TPSA) is 0 Å². The van der Waals surface area contributed by atoms with E-state index in [1.54, 1.807) is 0 Å². The van der Waals surface area contributed by atoms with E-state index in [4.69, 9.17) is 0 Å². The lowest BCUT2D eigenvalue weighted by Gasteiger charge is -1.89. The van der Waals surface area contributed by atoms with Crippen LogP contribution in [0.1, 0.15) is 25.7 Å². The highest BCUT2D eigenvalue weighted by atomic mass is 13.9. The van der Waals surface area contributed by atoms with Crippen LogP contribution < -0.4 is 0 Å². The molecule has 74 valence electrons. The molecule has 0 heteroatoms. The monoisotopic (exact) mass is 186 g/mol. The molecule has 0 unspecified atom stereocenters. The van der Waals surface area contributed by atoms with Crippen LogP contribution in [0.2, 0.25) is 0 Å². The molecule has 0 aromatic heterocycles. The van der Waals surface area contributed by atoms with Gasteiger partial charge in [-0.3, -0.25) is 0 Å². The van der Waals surface area contributed by atoms with Crippen LogP contribution in [0.3, 0.4) is 0 Å². The predicted molar refractivity (Wildman–Crippen MR) is 64.2 cm³/mol. The third-order valence-electron chi connectivity index (χ3n) is 2.00. The number of hydrogen-bond donors (Lipinski definition) is 0. The molecule has 0 nitrogen and oxygen atoms in total. The third-order valence-corrected chi connectivity index (χ3v) is 2.00. The van der Waals surface area contributed by atoms with Crippen LogP contribution >= 0.6 is 0 Å². The van der Waals surface area contributed by atoms with Crippen LogP contribution in [0.15, 0.2) is 60.8 Å². The van der Waals surface area contributed by atoms with Gasteiger partial charge in [0.2, 0.25) is 0 Å². The average molecular weight is 186 g/mol. The molecule has 0 aliphatic heterocycles. The van der Waals surface area contributed by atoms with E-state index in [0.717, 1.165) is 6.42 Å². The van der Waals surface area contributed by atoms with Crippen molar-refractivity contribution >= 4 is 0 Å². The minimum atomic E-state index is 1.01. The van der Waals surface area contributed by atoms with Gasteiger partial charge in [0.15, 0.2) is 0 Å². The van der Waals surface area contributed by atoms with Gasteiger partial charge in [-0.25, -0.2) is 0 Å². The van der Waals surface area contributed by atoms with Crippen molar-refractivity contribution in [1.29, 1.82) is 0 Å². The van der Waals surface area contributed by atoms with Gasteiger partial charge in [-0.05, 0) is 25.7 Å². The van der Waals surface area contributed by atoms with E-state index in [-0.39, 0.29) is 0 Å². The first-order chi connectivity index (χ1) is 7.00. The lowest BCUT2D eigenvalue weighted by molar-refractivity contribution is 0.868. The summed E-state index contributed by atoms with van der Waals surface area (Å²) in [5.41, 5.74) is 0. The average Bonchev–Trinajstić information content (AvgIpc) is 2.22. The molecule has 0 amide bonds. The van der Waals surface area contributed by atoms with Crippen molar-refractivity contribution in [3.8, 4) is 0 Å². The third kappa shape index (κ3) is 6.24. The number of allylic oxidation sites excluding steroid dienone is 10. The highest BCUT2D eigenvalue weighted by Crippen LogP contribution is 1.99. The Bertz CT molecular complexity index is 262. The fourth-order valence-corrected chi connectivity index (χ4v) is 1.22. The van der Waals surface area contributed by atoms with Gasteiger partial charge in [0.05, 0.1) is 0 Å². The van der Waals surface area contributed by atoms with Gasteiger partial charge in [-0.1, -0.05) is 60.8 Å². The molecule has 0 aromatic rings. The SMILES string of the molecule is C1=CC/C=C/C=C\C=C\CCC/C=C\1. The molecule has 0 spiro atoms. The second-order valence-corrected chi connectivity index (χ2v) is 3.26. The normalized spacial score (nSPS) is 27.4. The van der Waals surface area contributed by atoms with Gasteiger partial charge in [0.1, 0.15) is 0 Å². The maximum atomic E-state index is 2.23. The lowest BCUT2D eigenvalue weighted by atomic mass is 10.2. The summed E-state index contributed by atoms with van der Waals surface area (Å²) in [4.78, 5) is 0. The fourth-order valence-electron chi connectivity index (χ4n) is 1.22. The summed E-state index contributed by atoms with van der Waals surface area (Å²) >= 11 is 0. The van der Waals surface area contributed by atoms with Crippen LogP contribution in [0.4, 0.5) is 0 Å². The van der Waals surface area contributed by atoms with E-state index < -0.39 is 0 Å². The van der Waals surface area contributed by atoms with Crippen molar-refractivity contribution in [1.82, 2.24) is 0 Å². The zero-order chi connectivity index (χ0) is 9.90. The first kappa shape index (κ1) is 10.8. The first-order valence-corrected chi connectivity index (χ1v) is 5.30. The van der Waals surface area contributed by atoms with Crippen molar-refractivity contribution in [2.24, 2.45) is 0 Å². The minimum absolute atomic E-state index is 1.01. The molecule has 0 bridgehead atoms. The lowest BCUT2D eigenvalue weighted by Crippen LogP contribution is -1.68. The van der Waals surface area contributed by atoms with Crippen molar-refractivity contribution in [2.45, 2.75) is 25.7 Å². The summed E-state index contributed by atoms with van der Waals surface area (Å²) < 4.78 is 0. The van der Waals surface area contributed by atoms with E-state index in [9.17, 15) is 0 Å². The molecule has 0 saturated carbocycles. The van der Waals surface area contributed by atoms with Gasteiger partial charge in [0, 0.05) is 0 Å². The van der Waals surface area contributed by atoms with Crippen LogP contribution in [-0.2, 0) is 0 Å². The summed E-state index contributed by atoms with van der Waals surface area (Å²) in [5.74, 6) is 0. The van der Waals surface area contributed by atoms with Crippen molar-refractivity contribution in [2.75, 3.05) is 0 Å². The predicted octanol–water partition coefficient (Wildman–Crippen LogP) is 4.34. The van der Waals surface area contributed by atoms with Crippen LogP contribution in [0.25, 0.3) is 0 Å². The Morgan fingerprint density at radius 2 is 1.00 bits per heavy atom. The van der Waals surface area contributed by atoms with Crippen molar-refractivity contribution in [3.05, 3.63) is 60.8 Å². The maximum absolute atomic E-state index is 2.23. The van der Waals surface area contributed by atoms with Gasteiger partial charge in [-0.2, -0.15) is 0 Å². The molecule has 1 rings (SSSR count). The van der Waals surface area contributed by atoms with Gasteiger partial charge in [-0.15, -0.1) is 0 Å². The number of hydrogen-bond acceptors (Lipinski definition) is 0. The molecule has 0 fully saturated rings. The highest BCUT2D eigenvalue weighted by Gasteiger charge is 1.79. The van der Waals surface area contributed by atoms with Crippen LogP contribution in [0, 0.1) is 0 Å². The van der Waals surface area contributed by atoms with Gasteiger partial charge < -0.3 is 0 Å². The smallest absolute Gasteiger partial charge is 0.0163 e. The fraction of sp³-hybridized carbons (Fsp3) is 0.286. The second-order valence-electron chi connectivity index (χ2n) is 3.26. The van der Waals surface area contributed by atoms with Gasteiger partial charge in [0.25, 0.3) is 0 Å². The van der Waals surface area contributed by atoms with Crippen molar-refractivity contribution in [3.63, 3.8) is 0 Å². The van der Waals surface area contributed by atoms with E-state index in [1.807, 2.05) is 0 Å². The molecule has 0 saturated heterocycles. The largest absolute Gasteiger partial charge is 0.0845 e. The summed E-state index contributed by atoms with van der Waals surface area (Å²) in [5, 5.41) is 0. The molecule has 0 atom stereocenters. The van der Waals surface area contributed by atoms with E-state index in [0.29, 0.717) is 0 Å². The van der Waals surface area contributed by atoms with E-state index >= 15 is 0 Å². The molecule has 0 N–H and O–H groups in total. The Morgan fingerprint density at radius 3 is 1.71 bits per heavy atom. The molecule has 0 radical (unpaired) electrons. The Kier molecular flexibility index (Phi) is 6.39. The zero-order valence-electron chi connectivity index (χ0n) is 8.60. The molecular formula is C14H18. The maximum Gasteiger partial charge on any atom is -0.0163 e. The highest BCUT2D eigenvalue weighted by molar-refractivity contribution is 5.13. The molecule has 14 heavy (non-hydrogen) atoms. The summed E-state index contributed by atoms with van der Waals surface area (Å²) in [7, 11) is 0. The Morgan fingerprint density at radius 1 is 0.500 bits per heavy atom. The zero-order valence-corrected chi connectivity index (χ0v) is 8.60. The Labute approximate surface area is 87.0 Å². The number of rotatable bonds is 0. The first-order valence-electron chi connectivity index (χ1n) is 5.30. The summed E-state index contributed by atoms with van der Waals surface area (Å²) in [6.45, 7) is 0. The van der Waals surface area contributed by atoms with Gasteiger partial charge >= 0.3 is 0 Å². The Balaban J connectivity index is 2.45. The summed E-state index contributed by atoms with van der Waals surface area (Å²) in [6, 6.07) is 0. The molecule has 0 aromatic carbocycles. The minimum Gasteiger partial charge on any atom is -0.0845 e. The van der Waals surface area contributed by atoms with Crippen LogP contribution in [0.5, 0.6) is 0 Å². The molecular weight excluding hydrogens is 168 g/mol. The van der Waals surface area contributed by atoms with Crippen LogP contribution in [-0.4, -0.2) is 0 Å². The quantitative estimate of drug-likeness (QED) is 0.528. The summed E-state index contributed by atoms with van der Waals surface area (Å²) in [6.07, 6.45) is 26.0. The molecule has 1 aliphatic carbocycles. The standard InChI is InChI=1S/C14H18/c1-2-4-6-8-10-12-14-13-11-9-7-5-3-1/h1-6,9,11,13-14H,7-8,10,12H2/b2-1-,5-3+,6-4+,11-9?,14-13-. The van der Waals surface area contributed by atoms with Crippen molar-refractivity contribution < 1.29 is 0 Å².